The summed E-state index contributed by atoms with van der Waals surface area (Å²) in [7, 11) is -1.32. The molecule has 1 aliphatic heterocycles. The van der Waals surface area contributed by atoms with Crippen molar-refractivity contribution >= 4 is 30.8 Å². The maximum atomic E-state index is 15.7. The molecular weight excluding hydrogens is 681 g/mol. The van der Waals surface area contributed by atoms with Crippen LogP contribution >= 0.6 is 0 Å². The molecule has 3 heterocycles. The molecule has 0 spiro atoms. The number of aromatic nitrogens is 2. The van der Waals surface area contributed by atoms with E-state index in [2.05, 4.69) is 53.1 Å². The summed E-state index contributed by atoms with van der Waals surface area (Å²) in [6.07, 6.45) is 4.08. The number of amidine groups is 1. The highest BCUT2D eigenvalue weighted by Crippen LogP contribution is 2.41. The van der Waals surface area contributed by atoms with Crippen molar-refractivity contribution in [2.75, 3.05) is 25.1 Å². The molecule has 9 nitrogen and oxygen atoms in total. The van der Waals surface area contributed by atoms with E-state index < -0.39 is 25.5 Å². The maximum Gasteiger partial charge on any atom is 0.289 e. The number of hydrogen-bond donors (Lipinski definition) is 1. The Hall–Kier alpha value is -5.25. The number of aliphatic imine (C=N–C) groups is 1. The molecule has 6 rings (SSSR count). The van der Waals surface area contributed by atoms with Crippen LogP contribution in [0.3, 0.4) is 0 Å². The molecule has 0 radical (unpaired) electrons. The van der Waals surface area contributed by atoms with E-state index in [0.717, 1.165) is 24.6 Å². The molecule has 0 aliphatic carbocycles. The van der Waals surface area contributed by atoms with Crippen molar-refractivity contribution in [3.63, 3.8) is 0 Å². The van der Waals surface area contributed by atoms with Crippen LogP contribution in [0.2, 0.25) is 25.7 Å². The highest BCUT2D eigenvalue weighted by Gasteiger charge is 2.23. The topological polar surface area (TPSA) is 103 Å². The van der Waals surface area contributed by atoms with Crippen LogP contribution in [0.25, 0.3) is 22.2 Å². The minimum atomic E-state index is -1.32. The number of nitriles is 1. The van der Waals surface area contributed by atoms with E-state index in [1.807, 2.05) is 48.9 Å². The van der Waals surface area contributed by atoms with E-state index in [0.29, 0.717) is 53.2 Å². The predicted octanol–water partition coefficient (Wildman–Crippen LogP) is 9.40. The standard InChI is InChI=1S/C40H43F2N5O4Si/c1-26(2)50-35-12-11-29(18-30(35)21-43)32-23-47(25-48-15-16-52(3,4)5)39-37(32)36(13-14-44-39)51-38-33(41)19-31(20-34(38)42)46-40-45-22-28(24-49-40)17-27-9-7-6-8-10-27/h6-14,18-20,23,26,28H,15-17,22,24-25H2,1-5H3,(H,45,46)/q-1. The predicted molar refractivity (Wildman–Crippen MR) is 202 cm³/mol. The lowest BCUT2D eigenvalue weighted by molar-refractivity contribution is 0.0899. The molecule has 1 N–H and O–H groups in total. The molecule has 0 fully saturated rings. The number of hydrogen-bond acceptors (Lipinski definition) is 8. The maximum absolute atomic E-state index is 15.7. The number of nitrogens with zero attached hydrogens (tertiary/aromatic N) is 4. The zero-order chi connectivity index (χ0) is 36.8. The van der Waals surface area contributed by atoms with Gasteiger partial charge in [0.05, 0.1) is 30.2 Å². The van der Waals surface area contributed by atoms with Crippen molar-refractivity contribution in [1.82, 2.24) is 9.55 Å². The van der Waals surface area contributed by atoms with E-state index in [1.165, 1.54) is 11.8 Å². The fourth-order valence-electron chi connectivity index (χ4n) is 5.89. The number of halogens is 2. The highest BCUT2D eigenvalue weighted by molar-refractivity contribution is 6.76. The number of benzene rings is 3. The van der Waals surface area contributed by atoms with Crippen LogP contribution in [0.15, 0.2) is 84.1 Å². The van der Waals surface area contributed by atoms with Crippen LogP contribution in [0.4, 0.5) is 14.5 Å². The van der Waals surface area contributed by atoms with Gasteiger partial charge in [0.25, 0.3) is 6.02 Å². The van der Waals surface area contributed by atoms with Crippen molar-refractivity contribution in [2.45, 2.75) is 58.8 Å². The molecular formula is C40H43F2N5O4Si-. The third kappa shape index (κ3) is 8.96. The second-order valence-corrected chi connectivity index (χ2v) is 20.0. The SMILES string of the molecule is CC(C)Oc1ccc(-c2cn(COCC[Si-](C)(C)C)c3nccc(Oc4c(F)cc(NC5=NCC(Cc6ccccc6)CO5)cc4F)c23)cc1C#N. The Morgan fingerprint density at radius 1 is 1.04 bits per heavy atom. The molecule has 0 saturated carbocycles. The third-order valence-electron chi connectivity index (χ3n) is 8.50. The molecule has 1 aliphatic rings. The summed E-state index contributed by atoms with van der Waals surface area (Å²) < 4.78 is 56.9. The Labute approximate surface area is 303 Å². The average Bonchev–Trinajstić information content (AvgIpc) is 3.48. The summed E-state index contributed by atoms with van der Waals surface area (Å²) in [4.78, 5) is 9.07. The molecule has 0 saturated heterocycles. The summed E-state index contributed by atoms with van der Waals surface area (Å²) in [5.41, 5.74) is 3.51. The van der Waals surface area contributed by atoms with Gasteiger partial charge in [-0.2, -0.15) is 24.9 Å². The van der Waals surface area contributed by atoms with E-state index in [1.54, 1.807) is 18.2 Å². The molecule has 12 heteroatoms. The quantitative estimate of drug-likeness (QED) is 0.0954. The van der Waals surface area contributed by atoms with Crippen LogP contribution in [0.1, 0.15) is 25.0 Å². The zero-order valence-corrected chi connectivity index (χ0v) is 31.1. The first-order chi connectivity index (χ1) is 25.0. The number of pyridine rings is 1. The second kappa shape index (κ2) is 16.0. The first-order valence-electron chi connectivity index (χ1n) is 17.4. The van der Waals surface area contributed by atoms with Gasteiger partial charge in [-0.05, 0) is 49.6 Å². The normalized spacial score (nSPS) is 14.5. The Morgan fingerprint density at radius 2 is 1.81 bits per heavy atom. The van der Waals surface area contributed by atoms with Crippen LogP contribution in [-0.2, 0) is 22.6 Å². The molecule has 5 aromatic rings. The number of ether oxygens (including phenoxy) is 4. The van der Waals surface area contributed by atoms with E-state index in [9.17, 15) is 5.26 Å². The van der Waals surface area contributed by atoms with Gasteiger partial charge in [0.1, 0.15) is 29.9 Å². The van der Waals surface area contributed by atoms with Crippen molar-refractivity contribution in [3.8, 4) is 34.4 Å². The van der Waals surface area contributed by atoms with Gasteiger partial charge in [0.15, 0.2) is 17.4 Å². The molecule has 0 amide bonds. The first-order valence-corrected chi connectivity index (χ1v) is 21.1. The van der Waals surface area contributed by atoms with Crippen molar-refractivity contribution in [2.24, 2.45) is 10.9 Å². The molecule has 271 valence electrons. The van der Waals surface area contributed by atoms with Crippen molar-refractivity contribution in [1.29, 1.82) is 5.26 Å². The molecule has 0 bridgehead atoms. The Bertz CT molecular complexity index is 2080. The van der Waals surface area contributed by atoms with Gasteiger partial charge < -0.3 is 28.8 Å². The van der Waals surface area contributed by atoms with Gasteiger partial charge in [-0.15, -0.1) is 14.1 Å². The minimum Gasteiger partial charge on any atom is -0.490 e. The smallest absolute Gasteiger partial charge is 0.289 e. The average molecular weight is 724 g/mol. The van der Waals surface area contributed by atoms with Gasteiger partial charge in [-0.3, -0.25) is 0 Å². The first kappa shape index (κ1) is 36.5. The monoisotopic (exact) mass is 723 g/mol. The summed E-state index contributed by atoms with van der Waals surface area (Å²) in [6, 6.07) is 22.7. The van der Waals surface area contributed by atoms with Gasteiger partial charge >= 0.3 is 0 Å². The lowest BCUT2D eigenvalue weighted by atomic mass is 10.00. The zero-order valence-electron chi connectivity index (χ0n) is 30.1. The molecule has 1 unspecified atom stereocenters. The highest BCUT2D eigenvalue weighted by atomic mass is 28.3. The summed E-state index contributed by atoms with van der Waals surface area (Å²) in [6.45, 7) is 12.4. The van der Waals surface area contributed by atoms with Crippen molar-refractivity contribution in [3.05, 3.63) is 102 Å². The second-order valence-electron chi connectivity index (χ2n) is 14.4. The van der Waals surface area contributed by atoms with Gasteiger partial charge in [-0.25, -0.2) is 18.8 Å². The largest absolute Gasteiger partial charge is 0.490 e. The Kier molecular flexibility index (Phi) is 11.2. The Morgan fingerprint density at radius 3 is 2.48 bits per heavy atom. The lowest BCUT2D eigenvalue weighted by Gasteiger charge is -2.26. The number of fused-ring (bicyclic) bond motifs is 1. The number of rotatable bonds is 13. The molecule has 3 aromatic carbocycles. The molecule has 1 atom stereocenters. The van der Waals surface area contributed by atoms with Gasteiger partial charge in [0, 0.05) is 48.3 Å². The summed E-state index contributed by atoms with van der Waals surface area (Å²) in [5, 5.41) is 13.3. The van der Waals surface area contributed by atoms with Crippen LogP contribution in [0, 0.1) is 28.9 Å². The summed E-state index contributed by atoms with van der Waals surface area (Å²) >= 11 is 0. The van der Waals surface area contributed by atoms with Gasteiger partial charge in [-0.1, -0.05) is 36.4 Å². The van der Waals surface area contributed by atoms with E-state index >= 15 is 8.78 Å². The number of nitrogens with one attached hydrogen (secondary N) is 1. The molecule has 2 aromatic heterocycles. The van der Waals surface area contributed by atoms with Gasteiger partial charge in [0.2, 0.25) is 0 Å². The summed E-state index contributed by atoms with van der Waals surface area (Å²) in [5.74, 6) is -1.56. The fourth-order valence-corrected chi connectivity index (χ4v) is 6.64. The van der Waals surface area contributed by atoms with E-state index in [4.69, 9.17) is 18.9 Å². The fraction of sp³-hybridized carbons (Fsp3) is 0.325. The lowest BCUT2D eigenvalue weighted by Crippen LogP contribution is -2.29. The molecule has 52 heavy (non-hydrogen) atoms. The van der Waals surface area contributed by atoms with Crippen LogP contribution in [-0.4, -0.2) is 49.5 Å². The van der Waals surface area contributed by atoms with Crippen LogP contribution < -0.4 is 14.8 Å². The van der Waals surface area contributed by atoms with Crippen LogP contribution in [0.5, 0.6) is 17.2 Å². The number of anilines is 1. The minimum absolute atomic E-state index is 0.121. The third-order valence-corrected chi connectivity index (χ3v) is 10.2. The van der Waals surface area contributed by atoms with E-state index in [-0.39, 0.29) is 36.2 Å². The Balaban J connectivity index is 1.28. The van der Waals surface area contributed by atoms with Crippen molar-refractivity contribution < 1.29 is 27.7 Å².